The summed E-state index contributed by atoms with van der Waals surface area (Å²) in [6.07, 6.45) is 4.69. The van der Waals surface area contributed by atoms with Crippen LogP contribution in [-0.2, 0) is 4.79 Å². The minimum atomic E-state index is -0.527. The van der Waals surface area contributed by atoms with E-state index in [2.05, 4.69) is 15.3 Å². The number of non-ortho nitro benzene ring substituents is 1. The maximum Gasteiger partial charge on any atom is 0.273 e. The summed E-state index contributed by atoms with van der Waals surface area (Å²) in [6, 6.07) is 13.8. The zero-order valence-electron chi connectivity index (χ0n) is 15.4. The van der Waals surface area contributed by atoms with Crippen LogP contribution in [0.1, 0.15) is 5.69 Å². The number of benzene rings is 2. The fourth-order valence-corrected chi connectivity index (χ4v) is 3.09. The average molecular weight is 388 g/mol. The van der Waals surface area contributed by atoms with Crippen LogP contribution in [0.5, 0.6) is 5.75 Å². The Morgan fingerprint density at radius 2 is 2.00 bits per heavy atom. The van der Waals surface area contributed by atoms with Crippen molar-refractivity contribution in [1.29, 1.82) is 0 Å². The number of hydrogen-bond donors (Lipinski definition) is 2. The Balaban J connectivity index is 1.55. The average Bonchev–Trinajstić information content (AvgIpc) is 3.10. The molecule has 144 valence electrons. The summed E-state index contributed by atoms with van der Waals surface area (Å²) in [5.74, 6) is -0.197. The summed E-state index contributed by atoms with van der Waals surface area (Å²) < 4.78 is 5.12. The number of rotatable bonds is 5. The highest BCUT2D eigenvalue weighted by Crippen LogP contribution is 2.29. The van der Waals surface area contributed by atoms with Crippen molar-refractivity contribution in [2.24, 2.45) is 0 Å². The third-order valence-electron chi connectivity index (χ3n) is 4.47. The normalized spacial score (nSPS) is 11.2. The van der Waals surface area contributed by atoms with Crippen LogP contribution in [0.3, 0.4) is 0 Å². The largest absolute Gasteiger partial charge is 0.494 e. The number of H-pyrrole nitrogens is 1. The predicted octanol–water partition coefficient (Wildman–Crippen LogP) is 4.28. The number of amides is 1. The Hall–Kier alpha value is -4.20. The summed E-state index contributed by atoms with van der Waals surface area (Å²) >= 11 is 0. The van der Waals surface area contributed by atoms with E-state index >= 15 is 0 Å². The number of hydrogen-bond acceptors (Lipinski definition) is 5. The molecule has 2 N–H and O–H groups in total. The molecule has 0 saturated carbocycles. The number of methoxy groups -OCH3 is 1. The Bertz CT molecular complexity index is 1280. The number of carbonyl (C=O) groups is 1. The number of nitro benzene ring substituents is 1. The molecule has 0 radical (unpaired) electrons. The van der Waals surface area contributed by atoms with Crippen molar-refractivity contribution >= 4 is 45.2 Å². The quantitative estimate of drug-likeness (QED) is 0.301. The van der Waals surface area contributed by atoms with Crippen LogP contribution in [0, 0.1) is 10.1 Å². The highest BCUT2D eigenvalue weighted by molar-refractivity contribution is 6.08. The molecule has 8 nitrogen and oxygen atoms in total. The molecule has 29 heavy (non-hydrogen) atoms. The summed E-state index contributed by atoms with van der Waals surface area (Å²) in [4.78, 5) is 30.3. The molecule has 1 amide bonds. The second-order valence-electron chi connectivity index (χ2n) is 6.29. The molecule has 0 bridgehead atoms. The molecular weight excluding hydrogens is 372 g/mol. The van der Waals surface area contributed by atoms with Gasteiger partial charge in [-0.2, -0.15) is 0 Å². The van der Waals surface area contributed by atoms with E-state index in [1.807, 2.05) is 30.3 Å². The molecule has 2 aromatic carbocycles. The smallest absolute Gasteiger partial charge is 0.273 e. The lowest BCUT2D eigenvalue weighted by atomic mass is 10.1. The molecule has 0 aliphatic heterocycles. The van der Waals surface area contributed by atoms with Crippen LogP contribution in [0.25, 0.3) is 27.9 Å². The molecular formula is C21H16N4O4. The van der Waals surface area contributed by atoms with Gasteiger partial charge in [0, 0.05) is 28.4 Å². The first kappa shape index (κ1) is 18.2. The molecule has 4 aromatic rings. The molecule has 0 atom stereocenters. The summed E-state index contributed by atoms with van der Waals surface area (Å²) in [6.45, 7) is 0. The Morgan fingerprint density at radius 1 is 1.17 bits per heavy atom. The zero-order valence-corrected chi connectivity index (χ0v) is 15.4. The first-order valence-electron chi connectivity index (χ1n) is 8.73. The number of carbonyl (C=O) groups excluding carboxylic acids is 1. The van der Waals surface area contributed by atoms with Gasteiger partial charge in [0.15, 0.2) is 0 Å². The van der Waals surface area contributed by atoms with E-state index in [0.717, 1.165) is 21.8 Å². The Kier molecular flexibility index (Phi) is 4.66. The lowest BCUT2D eigenvalue weighted by Gasteiger charge is -2.08. The van der Waals surface area contributed by atoms with Crippen LogP contribution in [0.15, 0.2) is 60.8 Å². The molecule has 0 aliphatic rings. The van der Waals surface area contributed by atoms with Crippen LogP contribution < -0.4 is 10.1 Å². The number of nitrogens with one attached hydrogen (secondary N) is 2. The second-order valence-corrected chi connectivity index (χ2v) is 6.29. The molecule has 2 aromatic heterocycles. The number of nitrogens with zero attached hydrogens (tertiary/aromatic N) is 2. The molecule has 0 spiro atoms. The zero-order chi connectivity index (χ0) is 20.4. The first-order valence-corrected chi connectivity index (χ1v) is 8.73. The lowest BCUT2D eigenvalue weighted by Crippen LogP contribution is -2.09. The van der Waals surface area contributed by atoms with Gasteiger partial charge in [-0.25, -0.2) is 0 Å². The minimum absolute atomic E-state index is 0.119. The molecule has 2 heterocycles. The van der Waals surface area contributed by atoms with Crippen molar-refractivity contribution in [3.05, 3.63) is 76.6 Å². The first-order chi connectivity index (χ1) is 14.0. The number of para-hydroxylation sites is 1. The van der Waals surface area contributed by atoms with Crippen molar-refractivity contribution in [2.45, 2.75) is 0 Å². The lowest BCUT2D eigenvalue weighted by molar-refractivity contribution is -0.384. The number of anilines is 1. The maximum atomic E-state index is 12.3. The van der Waals surface area contributed by atoms with Gasteiger partial charge in [0.2, 0.25) is 5.91 Å². The van der Waals surface area contributed by atoms with Crippen molar-refractivity contribution < 1.29 is 14.5 Å². The van der Waals surface area contributed by atoms with Gasteiger partial charge < -0.3 is 15.0 Å². The van der Waals surface area contributed by atoms with E-state index in [4.69, 9.17) is 4.74 Å². The van der Waals surface area contributed by atoms with Crippen LogP contribution in [0.4, 0.5) is 11.4 Å². The van der Waals surface area contributed by atoms with E-state index in [-0.39, 0.29) is 11.4 Å². The molecule has 0 saturated heterocycles. The predicted molar refractivity (Wildman–Crippen MR) is 111 cm³/mol. The number of fused-ring (bicyclic) bond motifs is 3. The number of aromatic amines is 1. The maximum absolute atomic E-state index is 12.3. The van der Waals surface area contributed by atoms with Crippen LogP contribution >= 0.6 is 0 Å². The summed E-state index contributed by atoms with van der Waals surface area (Å²) in [7, 11) is 1.38. The van der Waals surface area contributed by atoms with Gasteiger partial charge in [0.05, 0.1) is 41.2 Å². The van der Waals surface area contributed by atoms with Crippen LogP contribution in [-0.4, -0.2) is 27.9 Å². The van der Waals surface area contributed by atoms with E-state index < -0.39 is 10.8 Å². The van der Waals surface area contributed by atoms with E-state index in [1.54, 1.807) is 12.3 Å². The van der Waals surface area contributed by atoms with Gasteiger partial charge in [-0.3, -0.25) is 19.9 Å². The van der Waals surface area contributed by atoms with Gasteiger partial charge in [-0.1, -0.05) is 18.2 Å². The molecule has 0 unspecified atom stereocenters. The SMILES string of the molecule is COc1cc([N+](=O)[O-])ccc1NC(=O)/C=C/c1cc2c(cn1)[nH]c1ccccc12. The van der Waals surface area contributed by atoms with E-state index in [1.165, 1.54) is 31.4 Å². The number of ether oxygens (including phenoxy) is 1. The van der Waals surface area contributed by atoms with Crippen molar-refractivity contribution in [2.75, 3.05) is 12.4 Å². The molecule has 0 aliphatic carbocycles. The fourth-order valence-electron chi connectivity index (χ4n) is 3.09. The topological polar surface area (TPSA) is 110 Å². The minimum Gasteiger partial charge on any atom is -0.494 e. The van der Waals surface area contributed by atoms with Gasteiger partial charge in [-0.15, -0.1) is 0 Å². The Labute approximate surface area is 165 Å². The molecule has 8 heteroatoms. The Morgan fingerprint density at radius 3 is 2.79 bits per heavy atom. The summed E-state index contributed by atoms with van der Waals surface area (Å²) in [5, 5.41) is 15.6. The summed E-state index contributed by atoms with van der Waals surface area (Å²) in [5.41, 5.74) is 2.80. The van der Waals surface area contributed by atoms with Crippen molar-refractivity contribution in [1.82, 2.24) is 9.97 Å². The van der Waals surface area contributed by atoms with Gasteiger partial charge in [-0.05, 0) is 24.3 Å². The number of nitro groups is 1. The van der Waals surface area contributed by atoms with Gasteiger partial charge in [0.25, 0.3) is 5.69 Å². The standard InChI is InChI=1S/C21H16N4O4/c1-29-20-11-14(25(27)28)7-8-18(20)24-21(26)9-6-13-10-16-15-4-2-3-5-17(15)23-19(16)12-22-13/h2-12,23H,1H3,(H,24,26)/b9-6+. The number of aromatic nitrogens is 2. The molecule has 4 rings (SSSR count). The highest BCUT2D eigenvalue weighted by Gasteiger charge is 2.12. The van der Waals surface area contributed by atoms with Crippen molar-refractivity contribution in [3.63, 3.8) is 0 Å². The van der Waals surface area contributed by atoms with E-state index in [9.17, 15) is 14.9 Å². The van der Waals surface area contributed by atoms with Gasteiger partial charge in [0.1, 0.15) is 5.75 Å². The van der Waals surface area contributed by atoms with E-state index in [0.29, 0.717) is 11.4 Å². The highest BCUT2D eigenvalue weighted by atomic mass is 16.6. The third kappa shape index (κ3) is 3.63. The van der Waals surface area contributed by atoms with Crippen molar-refractivity contribution in [3.8, 4) is 5.75 Å². The number of pyridine rings is 1. The monoisotopic (exact) mass is 388 g/mol. The van der Waals surface area contributed by atoms with Crippen LogP contribution in [0.2, 0.25) is 0 Å². The molecule has 0 fully saturated rings. The fraction of sp³-hybridized carbons (Fsp3) is 0.0476. The third-order valence-corrected chi connectivity index (χ3v) is 4.47. The van der Waals surface area contributed by atoms with Gasteiger partial charge >= 0.3 is 0 Å². The second kappa shape index (κ2) is 7.43.